The monoisotopic (exact) mass is 477 g/mol. The second-order valence-electron chi connectivity index (χ2n) is 10.1. The number of rotatable bonds is 15. The van der Waals surface area contributed by atoms with Gasteiger partial charge < -0.3 is 25.6 Å². The molecule has 1 aromatic rings. The van der Waals surface area contributed by atoms with Gasteiger partial charge in [0.25, 0.3) is 5.91 Å². The predicted octanol–water partition coefficient (Wildman–Crippen LogP) is 3.45. The maximum atomic E-state index is 12.9. The Bertz CT molecular complexity index is 715. The number of methoxy groups -OCH3 is 1. The van der Waals surface area contributed by atoms with Gasteiger partial charge in [-0.2, -0.15) is 0 Å². The molecule has 1 saturated heterocycles. The molecule has 0 aromatic heterocycles. The molecule has 0 spiro atoms. The SMILES string of the molecule is COCCCCOc1ccccc1C(=O)NCC(CC(N)C(O)CN1CCCC[C@H]1C)C(C)C. The van der Waals surface area contributed by atoms with E-state index in [0.717, 1.165) is 19.4 Å². The van der Waals surface area contributed by atoms with Crippen molar-refractivity contribution >= 4 is 5.91 Å². The van der Waals surface area contributed by atoms with E-state index in [1.807, 2.05) is 18.2 Å². The number of hydrogen-bond acceptors (Lipinski definition) is 6. The second kappa shape index (κ2) is 15.4. The number of likely N-dealkylation sites (tertiary alicyclic amines) is 1. The van der Waals surface area contributed by atoms with Crippen molar-refractivity contribution in [1.82, 2.24) is 10.2 Å². The number of amides is 1. The van der Waals surface area contributed by atoms with Gasteiger partial charge in [0, 0.05) is 38.9 Å². The summed E-state index contributed by atoms with van der Waals surface area (Å²) in [6.07, 6.45) is 5.52. The zero-order chi connectivity index (χ0) is 24.9. The number of nitrogens with two attached hydrogens (primary N) is 1. The fourth-order valence-corrected chi connectivity index (χ4v) is 4.53. The summed E-state index contributed by atoms with van der Waals surface area (Å²) in [6.45, 7) is 9.92. The second-order valence-corrected chi connectivity index (χ2v) is 10.1. The molecule has 4 atom stereocenters. The van der Waals surface area contributed by atoms with E-state index in [-0.39, 0.29) is 17.9 Å². The highest BCUT2D eigenvalue weighted by Gasteiger charge is 2.27. The van der Waals surface area contributed by atoms with Crippen molar-refractivity contribution in [3.05, 3.63) is 29.8 Å². The molecule has 1 aliphatic heterocycles. The lowest BCUT2D eigenvalue weighted by Gasteiger charge is -2.36. The van der Waals surface area contributed by atoms with Gasteiger partial charge in [0.1, 0.15) is 5.75 Å². The van der Waals surface area contributed by atoms with Gasteiger partial charge in [0.2, 0.25) is 0 Å². The van der Waals surface area contributed by atoms with Crippen molar-refractivity contribution in [1.29, 1.82) is 0 Å². The minimum atomic E-state index is -0.565. The molecule has 1 fully saturated rings. The van der Waals surface area contributed by atoms with Gasteiger partial charge in [-0.3, -0.25) is 9.69 Å². The molecule has 0 bridgehead atoms. The minimum Gasteiger partial charge on any atom is -0.493 e. The normalized spacial score (nSPS) is 19.6. The third-order valence-corrected chi connectivity index (χ3v) is 7.03. The molecule has 7 nitrogen and oxygen atoms in total. The number of hydrogen-bond donors (Lipinski definition) is 3. The van der Waals surface area contributed by atoms with Crippen LogP contribution < -0.4 is 15.8 Å². The first-order valence-corrected chi connectivity index (χ1v) is 13.0. The molecular formula is C27H47N3O4. The molecule has 4 N–H and O–H groups in total. The largest absolute Gasteiger partial charge is 0.493 e. The van der Waals surface area contributed by atoms with Crippen molar-refractivity contribution in [3.63, 3.8) is 0 Å². The minimum absolute atomic E-state index is 0.144. The summed E-state index contributed by atoms with van der Waals surface area (Å²) in [5.74, 6) is 0.963. The molecule has 1 aliphatic rings. The highest BCUT2D eigenvalue weighted by Crippen LogP contribution is 2.22. The molecular weight excluding hydrogens is 430 g/mol. The highest BCUT2D eigenvalue weighted by molar-refractivity contribution is 5.96. The number of aliphatic hydroxyl groups is 1. The van der Waals surface area contributed by atoms with Crippen molar-refractivity contribution in [2.24, 2.45) is 17.6 Å². The lowest BCUT2D eigenvalue weighted by molar-refractivity contribution is 0.0514. The van der Waals surface area contributed by atoms with Gasteiger partial charge >= 0.3 is 0 Å². The molecule has 3 unspecified atom stereocenters. The topological polar surface area (TPSA) is 97.0 Å². The lowest BCUT2D eigenvalue weighted by Crippen LogP contribution is -2.49. The number of para-hydroxylation sites is 1. The van der Waals surface area contributed by atoms with Gasteiger partial charge in [-0.15, -0.1) is 0 Å². The first-order valence-electron chi connectivity index (χ1n) is 13.0. The van der Waals surface area contributed by atoms with E-state index in [9.17, 15) is 9.90 Å². The Morgan fingerprint density at radius 3 is 2.68 bits per heavy atom. The molecule has 0 saturated carbocycles. The van der Waals surface area contributed by atoms with E-state index in [2.05, 4.69) is 31.0 Å². The summed E-state index contributed by atoms with van der Waals surface area (Å²) in [5, 5.41) is 13.8. The number of nitrogens with zero attached hydrogens (tertiary/aromatic N) is 1. The van der Waals surface area contributed by atoms with Crippen LogP contribution in [0.5, 0.6) is 5.75 Å². The summed E-state index contributed by atoms with van der Waals surface area (Å²) < 4.78 is 10.9. The molecule has 1 aromatic carbocycles. The standard InChI is InChI=1S/C27H47N3O4/c1-20(2)22(17-24(28)25(31)19-30-14-8-7-11-21(30)3)18-29-27(32)23-12-5-6-13-26(23)34-16-10-9-15-33-4/h5-6,12-13,20-22,24-25,31H,7-11,14-19,28H2,1-4H3,(H,29,32)/t21-,22?,24?,25?/m1/s1. The van der Waals surface area contributed by atoms with Gasteiger partial charge in [0.15, 0.2) is 0 Å². The van der Waals surface area contributed by atoms with Crippen LogP contribution in [0.1, 0.15) is 69.7 Å². The number of nitrogens with one attached hydrogen (secondary N) is 1. The summed E-state index contributed by atoms with van der Waals surface area (Å²) in [6, 6.07) is 7.53. The Balaban J connectivity index is 1.87. The van der Waals surface area contributed by atoms with Gasteiger partial charge in [0.05, 0.1) is 18.3 Å². The molecule has 34 heavy (non-hydrogen) atoms. The van der Waals surface area contributed by atoms with Crippen LogP contribution in [0.3, 0.4) is 0 Å². The summed E-state index contributed by atoms with van der Waals surface area (Å²) in [5.41, 5.74) is 6.97. The average molecular weight is 478 g/mol. The average Bonchev–Trinajstić information content (AvgIpc) is 2.82. The number of unbranched alkanes of at least 4 members (excludes halogenated alkanes) is 1. The van der Waals surface area contributed by atoms with Crippen LogP contribution in [0.2, 0.25) is 0 Å². The molecule has 2 rings (SSSR count). The first kappa shape index (κ1) is 28.6. The zero-order valence-electron chi connectivity index (χ0n) is 21.7. The van der Waals surface area contributed by atoms with Crippen LogP contribution in [-0.2, 0) is 4.74 Å². The molecule has 0 aliphatic carbocycles. The summed E-state index contributed by atoms with van der Waals surface area (Å²) in [4.78, 5) is 15.3. The molecule has 194 valence electrons. The quantitative estimate of drug-likeness (QED) is 0.335. The van der Waals surface area contributed by atoms with Crippen LogP contribution in [0.15, 0.2) is 24.3 Å². The third kappa shape index (κ3) is 9.53. The van der Waals surface area contributed by atoms with Crippen LogP contribution in [0.25, 0.3) is 0 Å². The number of ether oxygens (including phenoxy) is 2. The summed E-state index contributed by atoms with van der Waals surface area (Å²) in [7, 11) is 1.69. The van der Waals surface area contributed by atoms with E-state index < -0.39 is 6.10 Å². The number of carbonyl (C=O) groups is 1. The zero-order valence-corrected chi connectivity index (χ0v) is 21.7. The van der Waals surface area contributed by atoms with E-state index in [1.54, 1.807) is 13.2 Å². The molecule has 1 heterocycles. The number of β-amino-alcohol motifs (C(OH)–C–C–N with tert-alkyl or cyclic N) is 1. The third-order valence-electron chi connectivity index (χ3n) is 7.03. The number of piperidine rings is 1. The van der Waals surface area contributed by atoms with Crippen LogP contribution in [0, 0.1) is 11.8 Å². The smallest absolute Gasteiger partial charge is 0.255 e. The van der Waals surface area contributed by atoms with Gasteiger partial charge in [-0.05, 0) is 69.5 Å². The van der Waals surface area contributed by atoms with Crippen LogP contribution in [-0.4, -0.2) is 74.1 Å². The Hall–Kier alpha value is -1.67. The number of carbonyl (C=O) groups excluding carboxylic acids is 1. The van der Waals surface area contributed by atoms with Gasteiger partial charge in [-0.25, -0.2) is 0 Å². The van der Waals surface area contributed by atoms with E-state index in [4.69, 9.17) is 15.2 Å². The maximum absolute atomic E-state index is 12.9. The Labute approximate surface area is 206 Å². The molecule has 0 radical (unpaired) electrons. The molecule has 1 amide bonds. The van der Waals surface area contributed by atoms with E-state index >= 15 is 0 Å². The maximum Gasteiger partial charge on any atom is 0.255 e. The number of benzene rings is 1. The highest BCUT2D eigenvalue weighted by atomic mass is 16.5. The fraction of sp³-hybridized carbons (Fsp3) is 0.741. The fourth-order valence-electron chi connectivity index (χ4n) is 4.53. The number of aliphatic hydroxyl groups excluding tert-OH is 1. The van der Waals surface area contributed by atoms with Crippen molar-refractivity contribution in [3.8, 4) is 5.75 Å². The van der Waals surface area contributed by atoms with Gasteiger partial charge in [-0.1, -0.05) is 32.4 Å². The van der Waals surface area contributed by atoms with Crippen LogP contribution >= 0.6 is 0 Å². The summed E-state index contributed by atoms with van der Waals surface area (Å²) >= 11 is 0. The first-order chi connectivity index (χ1) is 16.3. The predicted molar refractivity (Wildman–Crippen MR) is 137 cm³/mol. The van der Waals surface area contributed by atoms with E-state index in [1.165, 1.54) is 19.3 Å². The van der Waals surface area contributed by atoms with Crippen LogP contribution in [0.4, 0.5) is 0 Å². The van der Waals surface area contributed by atoms with Crippen molar-refractivity contribution in [2.75, 3.05) is 40.0 Å². The lowest BCUT2D eigenvalue weighted by atomic mass is 9.87. The van der Waals surface area contributed by atoms with Crippen molar-refractivity contribution < 1.29 is 19.4 Å². The Kier molecular flexibility index (Phi) is 12.9. The van der Waals surface area contributed by atoms with E-state index in [0.29, 0.717) is 56.0 Å². The Morgan fingerprint density at radius 2 is 1.97 bits per heavy atom. The Morgan fingerprint density at radius 1 is 1.24 bits per heavy atom. The van der Waals surface area contributed by atoms with Crippen molar-refractivity contribution in [2.45, 2.75) is 77.5 Å². The molecule has 7 heteroatoms.